The van der Waals surface area contributed by atoms with Crippen molar-refractivity contribution in [3.05, 3.63) is 0 Å². The first kappa shape index (κ1) is 9.83. The van der Waals surface area contributed by atoms with Crippen LogP contribution in [0.25, 0.3) is 0 Å². The van der Waals surface area contributed by atoms with E-state index in [0.717, 1.165) is 24.7 Å². The fraction of sp³-hybridized carbons (Fsp3) is 0.923. The molecule has 3 rings (SSSR count). The lowest BCUT2D eigenvalue weighted by Gasteiger charge is -2.34. The number of hydrogen-bond donors (Lipinski definition) is 0. The minimum atomic E-state index is 0.515. The summed E-state index contributed by atoms with van der Waals surface area (Å²) in [6, 6.07) is 1.24. The van der Waals surface area contributed by atoms with Gasteiger partial charge in [0.2, 0.25) is 0 Å². The van der Waals surface area contributed by atoms with Gasteiger partial charge >= 0.3 is 0 Å². The zero-order chi connectivity index (χ0) is 10.4. The van der Waals surface area contributed by atoms with Crippen LogP contribution in [0.5, 0.6) is 0 Å². The first-order valence-corrected chi connectivity index (χ1v) is 6.55. The highest BCUT2D eigenvalue weighted by molar-refractivity contribution is 5.80. The van der Waals surface area contributed by atoms with E-state index in [1.807, 2.05) is 0 Å². The summed E-state index contributed by atoms with van der Waals surface area (Å²) in [7, 11) is 0. The molecule has 2 heterocycles. The zero-order valence-electron chi connectivity index (χ0n) is 9.61. The molecule has 0 aromatic rings. The maximum Gasteiger partial charge on any atom is 0.136 e. The smallest absolute Gasteiger partial charge is 0.136 e. The lowest BCUT2D eigenvalue weighted by molar-refractivity contribution is -0.123. The molecule has 0 aromatic carbocycles. The van der Waals surface area contributed by atoms with Crippen LogP contribution in [-0.4, -0.2) is 29.3 Å². The Labute approximate surface area is 92.0 Å². The van der Waals surface area contributed by atoms with Gasteiger partial charge in [0.25, 0.3) is 0 Å². The van der Waals surface area contributed by atoms with Crippen molar-refractivity contribution < 1.29 is 4.79 Å². The molecule has 4 unspecified atom stereocenters. The van der Waals surface area contributed by atoms with Gasteiger partial charge in [-0.25, -0.2) is 0 Å². The molecule has 15 heavy (non-hydrogen) atoms. The SMILES string of the molecule is CCC1CC1CN1C2CCC1CC(=O)C2. The van der Waals surface area contributed by atoms with E-state index in [2.05, 4.69) is 11.8 Å². The number of carbonyl (C=O) groups excluding carboxylic acids is 1. The Morgan fingerprint density at radius 1 is 1.20 bits per heavy atom. The minimum Gasteiger partial charge on any atom is -0.300 e. The fourth-order valence-corrected chi connectivity index (χ4v) is 3.66. The van der Waals surface area contributed by atoms with Crippen LogP contribution < -0.4 is 0 Å². The summed E-state index contributed by atoms with van der Waals surface area (Å²) in [5.74, 6) is 2.48. The highest BCUT2D eigenvalue weighted by Crippen LogP contribution is 2.44. The molecule has 0 radical (unpaired) electrons. The van der Waals surface area contributed by atoms with Gasteiger partial charge in [0.15, 0.2) is 0 Å². The molecule has 2 nitrogen and oxygen atoms in total. The molecule has 0 aromatic heterocycles. The molecule has 2 heteroatoms. The molecule has 3 fully saturated rings. The first-order chi connectivity index (χ1) is 7.28. The van der Waals surface area contributed by atoms with Crippen LogP contribution in [-0.2, 0) is 4.79 Å². The average Bonchev–Trinajstić information content (AvgIpc) is 2.91. The Hall–Kier alpha value is -0.370. The van der Waals surface area contributed by atoms with Crippen LogP contribution in [0.2, 0.25) is 0 Å². The van der Waals surface area contributed by atoms with Crippen molar-refractivity contribution in [2.75, 3.05) is 6.54 Å². The monoisotopic (exact) mass is 207 g/mol. The second-order valence-electron chi connectivity index (χ2n) is 5.69. The number of piperidine rings is 1. The van der Waals surface area contributed by atoms with Gasteiger partial charge in [-0.2, -0.15) is 0 Å². The molecule has 84 valence electrons. The largest absolute Gasteiger partial charge is 0.300 e. The lowest BCUT2D eigenvalue weighted by atomic mass is 10.0. The summed E-state index contributed by atoms with van der Waals surface area (Å²) < 4.78 is 0. The van der Waals surface area contributed by atoms with Crippen molar-refractivity contribution in [2.45, 2.75) is 57.5 Å². The van der Waals surface area contributed by atoms with Gasteiger partial charge in [0, 0.05) is 31.5 Å². The Morgan fingerprint density at radius 2 is 1.87 bits per heavy atom. The number of fused-ring (bicyclic) bond motifs is 2. The third kappa shape index (κ3) is 1.73. The van der Waals surface area contributed by atoms with Gasteiger partial charge in [0.05, 0.1) is 0 Å². The summed E-state index contributed by atoms with van der Waals surface area (Å²) in [4.78, 5) is 14.1. The number of ketones is 1. The molecule has 3 aliphatic rings. The summed E-state index contributed by atoms with van der Waals surface area (Å²) in [5.41, 5.74) is 0. The Balaban J connectivity index is 1.61. The second kappa shape index (κ2) is 3.58. The van der Waals surface area contributed by atoms with E-state index in [-0.39, 0.29) is 0 Å². The molecule has 0 amide bonds. The van der Waals surface area contributed by atoms with Gasteiger partial charge < -0.3 is 0 Å². The van der Waals surface area contributed by atoms with Crippen molar-refractivity contribution in [2.24, 2.45) is 11.8 Å². The van der Waals surface area contributed by atoms with E-state index in [1.54, 1.807) is 0 Å². The van der Waals surface area contributed by atoms with E-state index in [9.17, 15) is 4.79 Å². The Bertz CT molecular complexity index is 260. The van der Waals surface area contributed by atoms with Crippen LogP contribution in [0, 0.1) is 11.8 Å². The van der Waals surface area contributed by atoms with E-state index in [4.69, 9.17) is 0 Å². The molecular formula is C13H21NO. The first-order valence-electron chi connectivity index (χ1n) is 6.55. The maximum absolute atomic E-state index is 11.5. The number of hydrogen-bond acceptors (Lipinski definition) is 2. The standard InChI is InChI=1S/C13H21NO/c1-2-9-5-10(9)8-14-11-3-4-12(14)7-13(15)6-11/h9-12H,2-8H2,1H3. The zero-order valence-corrected chi connectivity index (χ0v) is 9.61. The van der Waals surface area contributed by atoms with E-state index in [0.29, 0.717) is 17.9 Å². The molecular weight excluding hydrogens is 186 g/mol. The van der Waals surface area contributed by atoms with Crippen molar-refractivity contribution in [3.8, 4) is 0 Å². The van der Waals surface area contributed by atoms with E-state index >= 15 is 0 Å². The van der Waals surface area contributed by atoms with Crippen LogP contribution in [0.4, 0.5) is 0 Å². The lowest BCUT2D eigenvalue weighted by Crippen LogP contribution is -2.44. The predicted octanol–water partition coefficient (Wildman–Crippen LogP) is 2.23. The number of Topliss-reactive ketones (excluding diaryl/α,β-unsaturated/α-hetero) is 1. The molecule has 0 spiro atoms. The van der Waals surface area contributed by atoms with Crippen LogP contribution in [0.15, 0.2) is 0 Å². The maximum atomic E-state index is 11.5. The summed E-state index contributed by atoms with van der Waals surface area (Å²) in [6.45, 7) is 3.60. The van der Waals surface area contributed by atoms with Gasteiger partial charge in [-0.1, -0.05) is 13.3 Å². The summed E-state index contributed by atoms with van der Waals surface area (Å²) in [6.07, 6.45) is 7.05. The van der Waals surface area contributed by atoms with Crippen LogP contribution in [0.1, 0.15) is 45.4 Å². The predicted molar refractivity (Wildman–Crippen MR) is 59.6 cm³/mol. The van der Waals surface area contributed by atoms with Crippen molar-refractivity contribution in [3.63, 3.8) is 0 Å². The third-order valence-corrected chi connectivity index (χ3v) is 4.74. The van der Waals surface area contributed by atoms with Gasteiger partial charge in [-0.15, -0.1) is 0 Å². The van der Waals surface area contributed by atoms with Crippen LogP contribution >= 0.6 is 0 Å². The third-order valence-electron chi connectivity index (χ3n) is 4.74. The highest BCUT2D eigenvalue weighted by Gasteiger charge is 2.44. The Kier molecular flexibility index (Phi) is 2.35. The van der Waals surface area contributed by atoms with Gasteiger partial charge in [0.1, 0.15) is 5.78 Å². The molecule has 2 bridgehead atoms. The van der Waals surface area contributed by atoms with E-state index < -0.39 is 0 Å². The second-order valence-corrected chi connectivity index (χ2v) is 5.69. The quantitative estimate of drug-likeness (QED) is 0.707. The highest BCUT2D eigenvalue weighted by atomic mass is 16.1. The summed E-state index contributed by atoms with van der Waals surface area (Å²) >= 11 is 0. The molecule has 1 aliphatic carbocycles. The number of rotatable bonds is 3. The van der Waals surface area contributed by atoms with E-state index in [1.165, 1.54) is 32.2 Å². The van der Waals surface area contributed by atoms with Gasteiger partial charge in [-0.05, 0) is 31.1 Å². The Morgan fingerprint density at radius 3 is 2.40 bits per heavy atom. The topological polar surface area (TPSA) is 20.3 Å². The number of nitrogens with zero attached hydrogens (tertiary/aromatic N) is 1. The summed E-state index contributed by atoms with van der Waals surface area (Å²) in [5, 5.41) is 0. The fourth-order valence-electron chi connectivity index (χ4n) is 3.66. The molecule has 2 aliphatic heterocycles. The van der Waals surface area contributed by atoms with Gasteiger partial charge in [-0.3, -0.25) is 9.69 Å². The minimum absolute atomic E-state index is 0.515. The number of carbonyl (C=O) groups is 1. The normalized spacial score (nSPS) is 44.7. The van der Waals surface area contributed by atoms with Crippen LogP contribution in [0.3, 0.4) is 0 Å². The molecule has 2 saturated heterocycles. The van der Waals surface area contributed by atoms with Crippen molar-refractivity contribution in [1.29, 1.82) is 0 Å². The van der Waals surface area contributed by atoms with Crippen molar-refractivity contribution >= 4 is 5.78 Å². The average molecular weight is 207 g/mol. The molecule has 4 atom stereocenters. The van der Waals surface area contributed by atoms with Crippen molar-refractivity contribution in [1.82, 2.24) is 4.90 Å². The molecule has 1 saturated carbocycles. The molecule has 0 N–H and O–H groups in total.